The van der Waals surface area contributed by atoms with E-state index < -0.39 is 12.1 Å². The second-order valence-electron chi connectivity index (χ2n) is 6.22. The molecule has 2 rings (SSSR count). The molecule has 1 aromatic heterocycles. The summed E-state index contributed by atoms with van der Waals surface area (Å²) in [6, 6.07) is 7.51. The number of aryl methyl sites for hydroxylation is 1. The van der Waals surface area contributed by atoms with Crippen LogP contribution >= 0.6 is 0 Å². The van der Waals surface area contributed by atoms with E-state index in [0.29, 0.717) is 11.7 Å². The van der Waals surface area contributed by atoms with Crippen molar-refractivity contribution >= 4 is 17.7 Å². The van der Waals surface area contributed by atoms with E-state index in [-0.39, 0.29) is 18.3 Å². The van der Waals surface area contributed by atoms with E-state index in [1.54, 1.807) is 6.92 Å². The first-order valence-corrected chi connectivity index (χ1v) is 8.09. The Kier molecular flexibility index (Phi) is 5.80. The molecule has 2 N–H and O–H groups in total. The third-order valence-electron chi connectivity index (χ3n) is 3.74. The lowest BCUT2D eigenvalue weighted by Gasteiger charge is -2.17. The van der Waals surface area contributed by atoms with Crippen LogP contribution in [0.5, 0.6) is 5.75 Å². The van der Waals surface area contributed by atoms with E-state index in [4.69, 9.17) is 9.84 Å². The zero-order chi connectivity index (χ0) is 18.6. The van der Waals surface area contributed by atoms with Crippen LogP contribution in [0.25, 0.3) is 0 Å². The number of carbonyl (C=O) groups excluding carboxylic acids is 1. The predicted octanol–water partition coefficient (Wildman–Crippen LogP) is 2.81. The monoisotopic (exact) mass is 345 g/mol. The Hall–Kier alpha value is -2.83. The summed E-state index contributed by atoms with van der Waals surface area (Å²) in [4.78, 5) is 22.9. The van der Waals surface area contributed by atoms with Gasteiger partial charge in [0, 0.05) is 12.3 Å². The van der Waals surface area contributed by atoms with E-state index >= 15 is 0 Å². The molecule has 134 valence electrons. The van der Waals surface area contributed by atoms with Crippen molar-refractivity contribution in [3.05, 3.63) is 41.6 Å². The van der Waals surface area contributed by atoms with Gasteiger partial charge in [-0.1, -0.05) is 26.0 Å². The Morgan fingerprint density at radius 2 is 2.00 bits per heavy atom. The van der Waals surface area contributed by atoms with Crippen LogP contribution in [0.4, 0.5) is 5.82 Å². The fraction of sp³-hybridized carbons (Fsp3) is 0.389. The first kappa shape index (κ1) is 18.5. The molecule has 0 aliphatic rings. The average Bonchev–Trinajstić information content (AvgIpc) is 2.95. The molecular formula is C18H23N3O4. The molecule has 0 radical (unpaired) electrons. The largest absolute Gasteiger partial charge is 0.481 e. The van der Waals surface area contributed by atoms with Crippen molar-refractivity contribution in [3.8, 4) is 5.75 Å². The maximum absolute atomic E-state index is 12.3. The van der Waals surface area contributed by atoms with Gasteiger partial charge in [-0.15, -0.1) is 0 Å². The van der Waals surface area contributed by atoms with Crippen LogP contribution in [-0.2, 0) is 16.1 Å². The summed E-state index contributed by atoms with van der Waals surface area (Å²) in [5, 5.41) is 15.3. The molecule has 0 bridgehead atoms. The Labute approximate surface area is 146 Å². The number of hydrogen-bond acceptors (Lipinski definition) is 4. The summed E-state index contributed by atoms with van der Waals surface area (Å²) in [5.74, 6) is -0.0296. The molecule has 1 aromatic carbocycles. The molecule has 1 atom stereocenters. The molecule has 25 heavy (non-hydrogen) atoms. The third kappa shape index (κ3) is 5.07. The Bertz CT molecular complexity index is 767. The summed E-state index contributed by atoms with van der Waals surface area (Å²) in [6.07, 6.45) is 0.775. The Balaban J connectivity index is 2.02. The standard InChI is InChI=1S/C18H23N3O4/c1-11(2)14-6-5-12(3)15(9-14)25-13(4)18(24)19-16-7-8-21(20-16)10-17(22)23/h5-9,11,13H,10H2,1-4H3,(H,22,23)(H,19,20,24). The Morgan fingerprint density at radius 1 is 1.28 bits per heavy atom. The first-order chi connectivity index (χ1) is 11.8. The Morgan fingerprint density at radius 3 is 2.64 bits per heavy atom. The predicted molar refractivity (Wildman–Crippen MR) is 93.9 cm³/mol. The van der Waals surface area contributed by atoms with E-state index in [0.717, 1.165) is 11.1 Å². The summed E-state index contributed by atoms with van der Waals surface area (Å²) in [5.41, 5.74) is 2.09. The minimum absolute atomic E-state index is 0.261. The van der Waals surface area contributed by atoms with Gasteiger partial charge < -0.3 is 15.2 Å². The highest BCUT2D eigenvalue weighted by molar-refractivity contribution is 5.93. The number of nitrogens with one attached hydrogen (secondary N) is 1. The minimum Gasteiger partial charge on any atom is -0.481 e. The van der Waals surface area contributed by atoms with E-state index in [9.17, 15) is 9.59 Å². The summed E-state index contributed by atoms with van der Waals surface area (Å²) in [7, 11) is 0. The molecule has 2 aromatic rings. The molecule has 0 aliphatic heterocycles. The molecule has 0 saturated heterocycles. The van der Waals surface area contributed by atoms with Crippen molar-refractivity contribution in [2.75, 3.05) is 5.32 Å². The van der Waals surface area contributed by atoms with Crippen molar-refractivity contribution < 1.29 is 19.4 Å². The second kappa shape index (κ2) is 7.83. The van der Waals surface area contributed by atoms with Crippen molar-refractivity contribution in [2.24, 2.45) is 0 Å². The zero-order valence-electron chi connectivity index (χ0n) is 14.8. The van der Waals surface area contributed by atoms with Gasteiger partial charge in [0.15, 0.2) is 11.9 Å². The first-order valence-electron chi connectivity index (χ1n) is 8.09. The minimum atomic E-state index is -1.00. The number of aliphatic carboxylic acids is 1. The number of aromatic nitrogens is 2. The molecule has 0 fully saturated rings. The lowest BCUT2D eigenvalue weighted by atomic mass is 10.0. The molecule has 0 saturated carbocycles. The number of carboxylic acids is 1. The highest BCUT2D eigenvalue weighted by atomic mass is 16.5. The smallest absolute Gasteiger partial charge is 0.325 e. The van der Waals surface area contributed by atoms with Crippen LogP contribution in [0.15, 0.2) is 30.5 Å². The number of anilines is 1. The maximum atomic E-state index is 12.3. The van der Waals surface area contributed by atoms with Crippen molar-refractivity contribution in [2.45, 2.75) is 46.3 Å². The third-order valence-corrected chi connectivity index (χ3v) is 3.74. The van der Waals surface area contributed by atoms with Gasteiger partial charge in [0.25, 0.3) is 5.91 Å². The summed E-state index contributed by atoms with van der Waals surface area (Å²) in [6.45, 7) is 7.52. The number of nitrogens with zero attached hydrogens (tertiary/aromatic N) is 2. The van der Waals surface area contributed by atoms with Gasteiger partial charge in [-0.3, -0.25) is 14.3 Å². The SMILES string of the molecule is Cc1ccc(C(C)C)cc1OC(C)C(=O)Nc1ccn(CC(=O)O)n1. The van der Waals surface area contributed by atoms with Crippen LogP contribution in [0.1, 0.15) is 37.8 Å². The van der Waals surface area contributed by atoms with Crippen molar-refractivity contribution in [1.82, 2.24) is 9.78 Å². The van der Waals surface area contributed by atoms with E-state index in [1.165, 1.54) is 16.9 Å². The second-order valence-corrected chi connectivity index (χ2v) is 6.22. The van der Waals surface area contributed by atoms with Gasteiger partial charge in [0.2, 0.25) is 0 Å². The van der Waals surface area contributed by atoms with Crippen LogP contribution in [0.2, 0.25) is 0 Å². The van der Waals surface area contributed by atoms with Gasteiger partial charge in [0.1, 0.15) is 12.3 Å². The molecular weight excluding hydrogens is 322 g/mol. The number of benzene rings is 1. The van der Waals surface area contributed by atoms with Gasteiger partial charge in [-0.25, -0.2) is 0 Å². The lowest BCUT2D eigenvalue weighted by molar-refractivity contribution is -0.137. The lowest BCUT2D eigenvalue weighted by Crippen LogP contribution is -2.30. The number of carboxylic acid groups (broad SMARTS) is 1. The molecule has 1 heterocycles. The van der Waals surface area contributed by atoms with Gasteiger partial charge >= 0.3 is 5.97 Å². The van der Waals surface area contributed by atoms with Crippen LogP contribution in [-0.4, -0.2) is 32.9 Å². The molecule has 0 spiro atoms. The number of rotatable bonds is 7. The van der Waals surface area contributed by atoms with Crippen molar-refractivity contribution in [3.63, 3.8) is 0 Å². The maximum Gasteiger partial charge on any atom is 0.325 e. The number of amides is 1. The fourth-order valence-electron chi connectivity index (χ4n) is 2.23. The summed E-state index contributed by atoms with van der Waals surface area (Å²) >= 11 is 0. The van der Waals surface area contributed by atoms with Gasteiger partial charge in [-0.05, 0) is 37.0 Å². The van der Waals surface area contributed by atoms with Crippen LogP contribution in [0.3, 0.4) is 0 Å². The molecule has 0 aliphatic carbocycles. The van der Waals surface area contributed by atoms with Crippen LogP contribution < -0.4 is 10.1 Å². The number of ether oxygens (including phenoxy) is 1. The average molecular weight is 345 g/mol. The fourth-order valence-corrected chi connectivity index (χ4v) is 2.23. The van der Waals surface area contributed by atoms with E-state index in [1.807, 2.05) is 25.1 Å². The topological polar surface area (TPSA) is 93.5 Å². The summed E-state index contributed by atoms with van der Waals surface area (Å²) < 4.78 is 7.04. The zero-order valence-corrected chi connectivity index (χ0v) is 14.8. The number of hydrogen-bond donors (Lipinski definition) is 2. The van der Waals surface area contributed by atoms with Crippen LogP contribution in [0, 0.1) is 6.92 Å². The quantitative estimate of drug-likeness (QED) is 0.805. The molecule has 7 heteroatoms. The normalized spacial score (nSPS) is 12.0. The van der Waals surface area contributed by atoms with E-state index in [2.05, 4.69) is 24.3 Å². The highest BCUT2D eigenvalue weighted by Crippen LogP contribution is 2.25. The number of carbonyl (C=O) groups is 2. The highest BCUT2D eigenvalue weighted by Gasteiger charge is 2.17. The molecule has 7 nitrogen and oxygen atoms in total. The molecule has 1 amide bonds. The van der Waals surface area contributed by atoms with Crippen molar-refractivity contribution in [1.29, 1.82) is 0 Å². The van der Waals surface area contributed by atoms with Gasteiger partial charge in [0.05, 0.1) is 0 Å². The van der Waals surface area contributed by atoms with Gasteiger partial charge in [-0.2, -0.15) is 5.10 Å². The molecule has 1 unspecified atom stereocenters.